The molecule has 132 valence electrons. The lowest BCUT2D eigenvalue weighted by molar-refractivity contribution is -0.127. The van der Waals surface area contributed by atoms with Gasteiger partial charge in [-0.15, -0.1) is 0 Å². The maximum atomic E-state index is 11.5. The summed E-state index contributed by atoms with van der Waals surface area (Å²) in [5.74, 6) is -3.52. The van der Waals surface area contributed by atoms with Crippen LogP contribution in [0.5, 0.6) is 23.0 Å². The Bertz CT molecular complexity index is 805. The van der Waals surface area contributed by atoms with Crippen molar-refractivity contribution in [2.45, 2.75) is 19.6 Å². The molecule has 0 saturated carbocycles. The zero-order valence-electron chi connectivity index (χ0n) is 13.4. The van der Waals surface area contributed by atoms with E-state index in [0.717, 1.165) is 0 Å². The lowest BCUT2D eigenvalue weighted by Gasteiger charge is -2.31. The first-order valence-corrected chi connectivity index (χ1v) is 7.11. The molecule has 0 aromatic heterocycles. The second-order valence-electron chi connectivity index (χ2n) is 5.52. The number of carboxylic acid groups (broad SMARTS) is 1. The molecule has 0 aliphatic carbocycles. The first kappa shape index (κ1) is 17.9. The molecule has 0 saturated heterocycles. The minimum absolute atomic E-state index is 0.0897. The summed E-state index contributed by atoms with van der Waals surface area (Å²) < 4.78 is 10.3. The number of benzene rings is 2. The topological polar surface area (TPSA) is 134 Å². The van der Waals surface area contributed by atoms with Crippen LogP contribution in [0.3, 0.4) is 0 Å². The molecular formula is C17H16O8. The van der Waals surface area contributed by atoms with Gasteiger partial charge in [-0.2, -0.15) is 0 Å². The second kappa shape index (κ2) is 6.60. The summed E-state index contributed by atoms with van der Waals surface area (Å²) in [6.45, 7) is 3.27. The van der Waals surface area contributed by atoms with Gasteiger partial charge in [0.05, 0.1) is 0 Å². The molecule has 0 bridgehead atoms. The number of ether oxygens (including phenoxy) is 2. The van der Waals surface area contributed by atoms with Gasteiger partial charge in [-0.3, -0.25) is 0 Å². The summed E-state index contributed by atoms with van der Waals surface area (Å²) in [5, 5.41) is 35.7. The van der Waals surface area contributed by atoms with E-state index in [1.54, 1.807) is 26.0 Å². The van der Waals surface area contributed by atoms with E-state index in [0.29, 0.717) is 5.75 Å². The molecular weight excluding hydrogens is 332 g/mol. The Labute approximate surface area is 142 Å². The number of hydrogen-bond acceptors (Lipinski definition) is 7. The minimum Gasteiger partial charge on any atom is -0.507 e. The molecule has 0 amide bonds. The van der Waals surface area contributed by atoms with E-state index in [2.05, 4.69) is 0 Å². The van der Waals surface area contributed by atoms with Crippen LogP contribution < -0.4 is 4.74 Å². The number of aromatic carboxylic acids is 1. The van der Waals surface area contributed by atoms with Crippen molar-refractivity contribution in [1.82, 2.24) is 0 Å². The largest absolute Gasteiger partial charge is 0.507 e. The Morgan fingerprint density at radius 3 is 1.96 bits per heavy atom. The third-order valence-electron chi connectivity index (χ3n) is 3.14. The molecule has 2 aromatic carbocycles. The molecule has 1 aliphatic heterocycles. The zero-order valence-corrected chi connectivity index (χ0v) is 13.4. The normalized spacial score (nSPS) is 14.2. The number of carbonyl (C=O) groups excluding carboxylic acids is 1. The van der Waals surface area contributed by atoms with Gasteiger partial charge < -0.3 is 29.9 Å². The maximum Gasteiger partial charge on any atom is 0.349 e. The third-order valence-corrected chi connectivity index (χ3v) is 3.14. The second-order valence-corrected chi connectivity index (χ2v) is 5.52. The van der Waals surface area contributed by atoms with Crippen molar-refractivity contribution in [3.63, 3.8) is 0 Å². The van der Waals surface area contributed by atoms with E-state index in [1.807, 2.05) is 0 Å². The van der Waals surface area contributed by atoms with Crippen molar-refractivity contribution in [3.8, 4) is 23.0 Å². The van der Waals surface area contributed by atoms with E-state index >= 15 is 0 Å². The highest BCUT2D eigenvalue weighted by atomic mass is 16.7. The Morgan fingerprint density at radius 1 is 0.920 bits per heavy atom. The number of hydrogen-bond donors (Lipinski definition) is 4. The van der Waals surface area contributed by atoms with Crippen molar-refractivity contribution >= 4 is 11.9 Å². The van der Waals surface area contributed by atoms with Crippen LogP contribution in [0, 0.1) is 0 Å². The van der Waals surface area contributed by atoms with Crippen molar-refractivity contribution in [1.29, 1.82) is 0 Å². The van der Waals surface area contributed by atoms with E-state index in [9.17, 15) is 14.7 Å². The lowest BCUT2D eigenvalue weighted by Crippen LogP contribution is -2.38. The highest BCUT2D eigenvalue weighted by Crippen LogP contribution is 2.35. The number of carbonyl (C=O) groups is 2. The molecule has 4 N–H and O–H groups in total. The van der Waals surface area contributed by atoms with Crippen LogP contribution in [0.15, 0.2) is 36.4 Å². The van der Waals surface area contributed by atoms with Crippen LogP contribution in [-0.4, -0.2) is 38.2 Å². The van der Waals surface area contributed by atoms with E-state index < -0.39 is 34.8 Å². The molecule has 8 nitrogen and oxygen atoms in total. The first-order valence-electron chi connectivity index (χ1n) is 7.11. The standard InChI is InChI=1S/C10H10O4.C7H6O4/c1-10(2)13-7-5-3-4-6(11)8(7)9(12)14-10;8-4-2-1-3-5(9)6(4)7(10)11/h3-5,11H,1-2H3;1-3,8-9H,(H,10,11). The van der Waals surface area contributed by atoms with Crippen LogP contribution in [0.1, 0.15) is 34.6 Å². The van der Waals surface area contributed by atoms with Gasteiger partial charge in [0.25, 0.3) is 0 Å². The van der Waals surface area contributed by atoms with Crippen molar-refractivity contribution < 1.29 is 39.5 Å². The summed E-state index contributed by atoms with van der Waals surface area (Å²) >= 11 is 0. The zero-order chi connectivity index (χ0) is 18.8. The van der Waals surface area contributed by atoms with Crippen molar-refractivity contribution in [3.05, 3.63) is 47.5 Å². The van der Waals surface area contributed by atoms with Gasteiger partial charge in [-0.1, -0.05) is 12.1 Å². The SMILES string of the molecule is CC1(C)OC(=O)c2c(O)cccc2O1.O=C(O)c1c(O)cccc1O. The minimum atomic E-state index is -1.35. The number of carboxylic acids is 1. The van der Waals surface area contributed by atoms with Gasteiger partial charge in [0.2, 0.25) is 5.79 Å². The number of rotatable bonds is 1. The average Bonchev–Trinajstić information content (AvgIpc) is 2.45. The fraction of sp³-hybridized carbons (Fsp3) is 0.176. The Kier molecular flexibility index (Phi) is 4.73. The smallest absolute Gasteiger partial charge is 0.349 e. The molecule has 0 atom stereocenters. The highest BCUT2D eigenvalue weighted by molar-refractivity contribution is 5.96. The predicted octanol–water partition coefficient (Wildman–Crippen LogP) is 2.47. The Balaban J connectivity index is 0.000000186. The average molecular weight is 348 g/mol. The number of esters is 1. The molecule has 1 aliphatic rings. The van der Waals surface area contributed by atoms with Gasteiger partial charge in [0, 0.05) is 13.8 Å². The highest BCUT2D eigenvalue weighted by Gasteiger charge is 2.35. The van der Waals surface area contributed by atoms with Gasteiger partial charge in [-0.05, 0) is 24.3 Å². The molecule has 3 rings (SSSR count). The fourth-order valence-electron chi connectivity index (χ4n) is 2.12. The van der Waals surface area contributed by atoms with Gasteiger partial charge >= 0.3 is 11.9 Å². The Hall–Kier alpha value is -3.42. The van der Waals surface area contributed by atoms with Crippen LogP contribution in [-0.2, 0) is 4.74 Å². The van der Waals surface area contributed by atoms with Gasteiger partial charge in [0.1, 0.15) is 34.1 Å². The summed E-state index contributed by atoms with van der Waals surface area (Å²) in [7, 11) is 0. The van der Waals surface area contributed by atoms with E-state index in [4.69, 9.17) is 24.8 Å². The van der Waals surface area contributed by atoms with Gasteiger partial charge in [0.15, 0.2) is 0 Å². The fourth-order valence-corrected chi connectivity index (χ4v) is 2.12. The number of aromatic hydroxyl groups is 3. The number of phenols is 3. The van der Waals surface area contributed by atoms with Crippen LogP contribution >= 0.6 is 0 Å². The van der Waals surface area contributed by atoms with E-state index in [1.165, 1.54) is 24.3 Å². The molecule has 0 spiro atoms. The summed E-state index contributed by atoms with van der Waals surface area (Å²) in [4.78, 5) is 21.8. The molecule has 0 unspecified atom stereocenters. The number of fused-ring (bicyclic) bond motifs is 1. The molecule has 0 fully saturated rings. The maximum absolute atomic E-state index is 11.5. The van der Waals surface area contributed by atoms with Gasteiger partial charge in [-0.25, -0.2) is 9.59 Å². The third kappa shape index (κ3) is 3.92. The summed E-state index contributed by atoms with van der Waals surface area (Å²) in [5.41, 5.74) is -0.376. The number of cyclic esters (lactones) is 1. The van der Waals surface area contributed by atoms with Crippen LogP contribution in [0.2, 0.25) is 0 Å². The molecule has 8 heteroatoms. The quantitative estimate of drug-likeness (QED) is 0.578. The van der Waals surface area contributed by atoms with Crippen LogP contribution in [0.25, 0.3) is 0 Å². The predicted molar refractivity (Wildman–Crippen MR) is 85.0 cm³/mol. The molecule has 0 radical (unpaired) electrons. The first-order chi connectivity index (χ1) is 11.6. The summed E-state index contributed by atoms with van der Waals surface area (Å²) in [6, 6.07) is 8.41. The van der Waals surface area contributed by atoms with E-state index in [-0.39, 0.29) is 11.3 Å². The summed E-state index contributed by atoms with van der Waals surface area (Å²) in [6.07, 6.45) is 0. The van der Waals surface area contributed by atoms with Crippen molar-refractivity contribution in [2.75, 3.05) is 0 Å². The van der Waals surface area contributed by atoms with Crippen molar-refractivity contribution in [2.24, 2.45) is 0 Å². The monoisotopic (exact) mass is 348 g/mol. The molecule has 1 heterocycles. The molecule has 25 heavy (non-hydrogen) atoms. The lowest BCUT2D eigenvalue weighted by atomic mass is 10.1. The Morgan fingerprint density at radius 2 is 1.44 bits per heavy atom. The van der Waals surface area contributed by atoms with Crippen LogP contribution in [0.4, 0.5) is 0 Å². The molecule has 2 aromatic rings. The number of phenolic OH excluding ortho intramolecular Hbond substituents is 1.